The Hall–Kier alpha value is -0.870. The molecule has 1 N–H and O–H groups in total. The summed E-state index contributed by atoms with van der Waals surface area (Å²) in [4.78, 5) is 0. The SMILES string of the molecule is Cl.FC(F)c1cccc2c1CNCCO2. The number of fused-ring (bicyclic) bond motifs is 1. The highest BCUT2D eigenvalue weighted by Crippen LogP contribution is 2.30. The van der Waals surface area contributed by atoms with Crippen LogP contribution in [0.3, 0.4) is 0 Å². The highest BCUT2D eigenvalue weighted by molar-refractivity contribution is 5.85. The normalized spacial score (nSPS) is 14.9. The van der Waals surface area contributed by atoms with Crippen molar-refractivity contribution >= 4 is 12.4 Å². The molecule has 0 aromatic heterocycles. The number of ether oxygens (including phenoxy) is 1. The lowest BCUT2D eigenvalue weighted by Gasteiger charge is -2.10. The number of alkyl halides is 2. The van der Waals surface area contributed by atoms with Gasteiger partial charge >= 0.3 is 0 Å². The summed E-state index contributed by atoms with van der Waals surface area (Å²) in [6.07, 6.45) is -2.44. The van der Waals surface area contributed by atoms with E-state index in [1.807, 2.05) is 0 Å². The van der Waals surface area contributed by atoms with E-state index in [0.29, 0.717) is 31.0 Å². The first kappa shape index (κ1) is 12.2. The van der Waals surface area contributed by atoms with Crippen LogP contribution in [0, 0.1) is 0 Å². The van der Waals surface area contributed by atoms with Crippen LogP contribution in [-0.2, 0) is 6.54 Å². The molecular weight excluding hydrogens is 224 g/mol. The molecule has 0 radical (unpaired) electrons. The Morgan fingerprint density at radius 1 is 1.33 bits per heavy atom. The summed E-state index contributed by atoms with van der Waals surface area (Å²) >= 11 is 0. The van der Waals surface area contributed by atoms with Crippen molar-refractivity contribution < 1.29 is 13.5 Å². The van der Waals surface area contributed by atoms with E-state index in [1.165, 1.54) is 6.07 Å². The summed E-state index contributed by atoms with van der Waals surface area (Å²) in [7, 11) is 0. The van der Waals surface area contributed by atoms with Gasteiger partial charge in [0.1, 0.15) is 12.4 Å². The topological polar surface area (TPSA) is 21.3 Å². The Morgan fingerprint density at radius 2 is 2.13 bits per heavy atom. The van der Waals surface area contributed by atoms with E-state index in [4.69, 9.17) is 4.74 Å². The predicted octanol–water partition coefficient (Wildman–Crippen LogP) is 2.53. The Morgan fingerprint density at radius 3 is 2.87 bits per heavy atom. The van der Waals surface area contributed by atoms with Crippen LogP contribution in [0.2, 0.25) is 0 Å². The van der Waals surface area contributed by atoms with E-state index >= 15 is 0 Å². The molecule has 0 amide bonds. The Kier molecular flexibility index (Phi) is 4.29. The fraction of sp³-hybridized carbons (Fsp3) is 0.400. The van der Waals surface area contributed by atoms with E-state index in [9.17, 15) is 8.78 Å². The summed E-state index contributed by atoms with van der Waals surface area (Å²) in [6.45, 7) is 1.67. The van der Waals surface area contributed by atoms with Gasteiger partial charge in [0.15, 0.2) is 0 Å². The summed E-state index contributed by atoms with van der Waals surface area (Å²) < 4.78 is 30.6. The highest BCUT2D eigenvalue weighted by atomic mass is 35.5. The maximum Gasteiger partial charge on any atom is 0.264 e. The number of hydrogen-bond donors (Lipinski definition) is 1. The van der Waals surface area contributed by atoms with Gasteiger partial charge in [-0.05, 0) is 6.07 Å². The van der Waals surface area contributed by atoms with E-state index in [2.05, 4.69) is 5.32 Å². The quantitative estimate of drug-likeness (QED) is 0.808. The van der Waals surface area contributed by atoms with Gasteiger partial charge in [0.05, 0.1) is 0 Å². The molecule has 0 fully saturated rings. The molecule has 1 aliphatic heterocycles. The third-order valence-electron chi connectivity index (χ3n) is 2.24. The molecule has 2 nitrogen and oxygen atoms in total. The van der Waals surface area contributed by atoms with Gasteiger partial charge in [0.25, 0.3) is 6.43 Å². The summed E-state index contributed by atoms with van der Waals surface area (Å²) in [5.41, 5.74) is 0.650. The van der Waals surface area contributed by atoms with Crippen LogP contribution in [0.5, 0.6) is 5.75 Å². The first-order chi connectivity index (χ1) is 6.79. The zero-order chi connectivity index (χ0) is 9.97. The van der Waals surface area contributed by atoms with Crippen molar-refractivity contribution in [2.75, 3.05) is 13.2 Å². The van der Waals surface area contributed by atoms with Gasteiger partial charge in [0, 0.05) is 24.2 Å². The molecule has 0 unspecified atom stereocenters. The van der Waals surface area contributed by atoms with Crippen LogP contribution in [0.4, 0.5) is 8.78 Å². The first-order valence-electron chi connectivity index (χ1n) is 4.52. The molecule has 0 spiro atoms. The Labute approximate surface area is 93.0 Å². The van der Waals surface area contributed by atoms with E-state index in [1.54, 1.807) is 12.1 Å². The molecule has 0 bridgehead atoms. The predicted molar refractivity (Wildman–Crippen MR) is 55.8 cm³/mol. The highest BCUT2D eigenvalue weighted by Gasteiger charge is 2.17. The minimum Gasteiger partial charge on any atom is -0.492 e. The molecule has 1 aliphatic rings. The van der Waals surface area contributed by atoms with Crippen molar-refractivity contribution in [3.63, 3.8) is 0 Å². The van der Waals surface area contributed by atoms with Gasteiger partial charge in [-0.15, -0.1) is 12.4 Å². The van der Waals surface area contributed by atoms with Crippen LogP contribution in [0.25, 0.3) is 0 Å². The second kappa shape index (κ2) is 5.28. The van der Waals surface area contributed by atoms with Gasteiger partial charge in [-0.25, -0.2) is 8.78 Å². The lowest BCUT2D eigenvalue weighted by atomic mass is 10.1. The zero-order valence-corrected chi connectivity index (χ0v) is 8.82. The standard InChI is InChI=1S/C10H11F2NO.ClH/c11-10(12)7-2-1-3-9-8(7)6-13-4-5-14-9;/h1-3,10,13H,4-6H2;1H. The largest absolute Gasteiger partial charge is 0.492 e. The number of hydrogen-bond acceptors (Lipinski definition) is 2. The number of benzene rings is 1. The van der Waals surface area contributed by atoms with Crippen LogP contribution in [-0.4, -0.2) is 13.2 Å². The molecule has 0 aliphatic carbocycles. The zero-order valence-electron chi connectivity index (χ0n) is 8.00. The summed E-state index contributed by atoms with van der Waals surface area (Å²) in [5.74, 6) is 0.577. The third-order valence-corrected chi connectivity index (χ3v) is 2.24. The van der Waals surface area contributed by atoms with E-state index in [0.717, 1.165) is 0 Å². The van der Waals surface area contributed by atoms with Gasteiger partial charge in [-0.3, -0.25) is 0 Å². The average Bonchev–Trinajstić information content (AvgIpc) is 2.41. The second-order valence-corrected chi connectivity index (χ2v) is 3.15. The smallest absolute Gasteiger partial charge is 0.264 e. The molecule has 15 heavy (non-hydrogen) atoms. The fourth-order valence-electron chi connectivity index (χ4n) is 1.56. The molecular formula is C10H12ClF2NO. The fourth-order valence-corrected chi connectivity index (χ4v) is 1.56. The van der Waals surface area contributed by atoms with Crippen molar-refractivity contribution in [1.29, 1.82) is 0 Å². The number of halogens is 3. The number of rotatable bonds is 1. The minimum atomic E-state index is -2.44. The summed E-state index contributed by atoms with van der Waals surface area (Å²) in [6, 6.07) is 4.78. The van der Waals surface area contributed by atoms with Crippen molar-refractivity contribution in [1.82, 2.24) is 5.32 Å². The van der Waals surface area contributed by atoms with Gasteiger partial charge < -0.3 is 10.1 Å². The van der Waals surface area contributed by atoms with Crippen LogP contribution in [0.15, 0.2) is 18.2 Å². The van der Waals surface area contributed by atoms with Crippen LogP contribution >= 0.6 is 12.4 Å². The van der Waals surface area contributed by atoms with Gasteiger partial charge in [-0.1, -0.05) is 12.1 Å². The van der Waals surface area contributed by atoms with Crippen LogP contribution < -0.4 is 10.1 Å². The molecule has 1 aromatic rings. The Balaban J connectivity index is 0.00000112. The second-order valence-electron chi connectivity index (χ2n) is 3.15. The van der Waals surface area contributed by atoms with Crippen molar-refractivity contribution in [2.24, 2.45) is 0 Å². The molecule has 0 saturated heterocycles. The van der Waals surface area contributed by atoms with E-state index in [-0.39, 0.29) is 18.0 Å². The lowest BCUT2D eigenvalue weighted by Crippen LogP contribution is -2.16. The Bertz CT molecular complexity index is 333. The van der Waals surface area contributed by atoms with Crippen molar-refractivity contribution in [3.05, 3.63) is 29.3 Å². The maximum absolute atomic E-state index is 12.6. The number of nitrogens with one attached hydrogen (secondary N) is 1. The molecule has 1 heterocycles. The van der Waals surface area contributed by atoms with Crippen molar-refractivity contribution in [3.8, 4) is 5.75 Å². The van der Waals surface area contributed by atoms with Gasteiger partial charge in [-0.2, -0.15) is 0 Å². The average molecular weight is 236 g/mol. The minimum absolute atomic E-state index is 0. The first-order valence-corrected chi connectivity index (χ1v) is 4.52. The monoisotopic (exact) mass is 235 g/mol. The maximum atomic E-state index is 12.6. The lowest BCUT2D eigenvalue weighted by molar-refractivity contribution is 0.149. The van der Waals surface area contributed by atoms with Gasteiger partial charge in [0.2, 0.25) is 0 Å². The molecule has 0 atom stereocenters. The molecule has 5 heteroatoms. The summed E-state index contributed by atoms with van der Waals surface area (Å²) in [5, 5.41) is 3.04. The third kappa shape index (κ3) is 2.58. The molecule has 2 rings (SSSR count). The van der Waals surface area contributed by atoms with E-state index < -0.39 is 6.43 Å². The molecule has 0 saturated carbocycles. The van der Waals surface area contributed by atoms with Crippen LogP contribution in [0.1, 0.15) is 17.6 Å². The molecule has 1 aromatic carbocycles. The molecule has 84 valence electrons. The van der Waals surface area contributed by atoms with Crippen molar-refractivity contribution in [2.45, 2.75) is 13.0 Å².